The number of anilines is 1. The van der Waals surface area contributed by atoms with E-state index >= 15 is 0 Å². The van der Waals surface area contributed by atoms with Gasteiger partial charge >= 0.3 is 0 Å². The lowest BCUT2D eigenvalue weighted by molar-refractivity contribution is -0.116. The molecule has 27 heavy (non-hydrogen) atoms. The molecule has 0 aliphatic heterocycles. The number of benzene rings is 1. The van der Waals surface area contributed by atoms with Crippen LogP contribution in [0.3, 0.4) is 0 Å². The van der Waals surface area contributed by atoms with Crippen LogP contribution in [0.15, 0.2) is 41.1 Å². The molecule has 144 valence electrons. The summed E-state index contributed by atoms with van der Waals surface area (Å²) in [6, 6.07) is 8.69. The molecule has 6 nitrogen and oxygen atoms in total. The van der Waals surface area contributed by atoms with E-state index < -0.39 is 0 Å². The van der Waals surface area contributed by atoms with E-state index in [-0.39, 0.29) is 24.1 Å². The van der Waals surface area contributed by atoms with Gasteiger partial charge in [-0.15, -0.1) is 0 Å². The maximum Gasteiger partial charge on any atom is 0.253 e. The Labute approximate surface area is 163 Å². The number of amides is 3. The number of carbonyl (C=O) groups excluding carboxylic acids is 3. The Balaban J connectivity index is 1.80. The number of hydrogen-bond acceptors (Lipinski definition) is 4. The average molecular weight is 388 g/mol. The molecule has 0 aliphatic carbocycles. The molecule has 7 heteroatoms. The molecular weight excluding hydrogens is 362 g/mol. The van der Waals surface area contributed by atoms with Crippen LogP contribution >= 0.6 is 11.3 Å². The zero-order valence-corrected chi connectivity index (χ0v) is 16.4. The lowest BCUT2D eigenvalue weighted by Crippen LogP contribution is -2.28. The first-order valence-electron chi connectivity index (χ1n) is 8.95. The number of hydrogen-bond donors (Lipinski definition) is 3. The van der Waals surface area contributed by atoms with Gasteiger partial charge < -0.3 is 16.0 Å². The van der Waals surface area contributed by atoms with Gasteiger partial charge in [-0.1, -0.05) is 26.0 Å². The van der Waals surface area contributed by atoms with Crippen molar-refractivity contribution in [2.45, 2.75) is 26.7 Å². The molecule has 0 saturated carbocycles. The molecule has 2 aromatic rings. The van der Waals surface area contributed by atoms with Crippen LogP contribution in [0.4, 0.5) is 5.69 Å². The van der Waals surface area contributed by atoms with E-state index in [1.54, 1.807) is 35.7 Å². The van der Waals surface area contributed by atoms with E-state index in [1.165, 1.54) is 11.3 Å². The van der Waals surface area contributed by atoms with Gasteiger partial charge in [0, 0.05) is 30.5 Å². The Kier molecular flexibility index (Phi) is 8.00. The molecule has 1 aromatic carbocycles. The monoisotopic (exact) mass is 387 g/mol. The Morgan fingerprint density at radius 1 is 1.04 bits per heavy atom. The largest absolute Gasteiger partial charge is 0.352 e. The van der Waals surface area contributed by atoms with E-state index in [1.807, 2.05) is 19.2 Å². The highest BCUT2D eigenvalue weighted by atomic mass is 32.1. The molecular formula is C20H25N3O3S. The van der Waals surface area contributed by atoms with Gasteiger partial charge in [-0.2, -0.15) is 11.3 Å². The maximum atomic E-state index is 12.3. The Hall–Kier alpha value is -2.67. The molecule has 0 fully saturated rings. The topological polar surface area (TPSA) is 87.3 Å². The molecule has 0 aliphatic rings. The minimum Gasteiger partial charge on any atom is -0.352 e. The van der Waals surface area contributed by atoms with Crippen molar-refractivity contribution >= 4 is 34.7 Å². The normalized spacial score (nSPS) is 10.5. The van der Waals surface area contributed by atoms with Crippen LogP contribution in [0, 0.1) is 5.92 Å². The summed E-state index contributed by atoms with van der Waals surface area (Å²) >= 11 is 1.46. The van der Waals surface area contributed by atoms with Crippen molar-refractivity contribution in [1.29, 1.82) is 0 Å². The molecule has 0 unspecified atom stereocenters. The predicted octanol–water partition coefficient (Wildman–Crippen LogP) is 3.28. The molecule has 0 bridgehead atoms. The van der Waals surface area contributed by atoms with Crippen LogP contribution in [-0.2, 0) is 4.79 Å². The van der Waals surface area contributed by atoms with Gasteiger partial charge in [0.25, 0.3) is 11.8 Å². The maximum absolute atomic E-state index is 12.3. The van der Waals surface area contributed by atoms with Crippen LogP contribution in [0.25, 0.3) is 0 Å². The van der Waals surface area contributed by atoms with Crippen LogP contribution in [0.1, 0.15) is 47.4 Å². The first-order valence-corrected chi connectivity index (χ1v) is 9.89. The van der Waals surface area contributed by atoms with E-state index in [0.29, 0.717) is 42.2 Å². The molecule has 3 amide bonds. The second-order valence-electron chi connectivity index (χ2n) is 6.57. The zero-order chi connectivity index (χ0) is 19.6. The summed E-state index contributed by atoms with van der Waals surface area (Å²) in [7, 11) is 0. The van der Waals surface area contributed by atoms with Gasteiger partial charge in [0.1, 0.15) is 0 Å². The third kappa shape index (κ3) is 6.86. The first kappa shape index (κ1) is 20.6. The van der Waals surface area contributed by atoms with Gasteiger partial charge in [-0.3, -0.25) is 14.4 Å². The Morgan fingerprint density at radius 3 is 2.52 bits per heavy atom. The summed E-state index contributed by atoms with van der Waals surface area (Å²) in [5.41, 5.74) is 1.56. The molecule has 0 atom stereocenters. The summed E-state index contributed by atoms with van der Waals surface area (Å²) in [5.74, 6) is -0.185. The third-order valence-electron chi connectivity index (χ3n) is 3.77. The third-order valence-corrected chi connectivity index (χ3v) is 4.45. The smallest absolute Gasteiger partial charge is 0.253 e. The van der Waals surface area contributed by atoms with Crippen LogP contribution in [0.5, 0.6) is 0 Å². The van der Waals surface area contributed by atoms with Crippen molar-refractivity contribution in [3.8, 4) is 0 Å². The highest BCUT2D eigenvalue weighted by Crippen LogP contribution is 2.15. The summed E-state index contributed by atoms with van der Waals surface area (Å²) in [6.45, 7) is 5.03. The number of rotatable bonds is 9. The summed E-state index contributed by atoms with van der Waals surface area (Å²) in [6.07, 6.45) is 0.773. The fraction of sp³-hybridized carbons (Fsp3) is 0.350. The number of carbonyl (C=O) groups is 3. The summed E-state index contributed by atoms with van der Waals surface area (Å²) < 4.78 is 0. The van der Waals surface area contributed by atoms with E-state index in [0.717, 1.165) is 0 Å². The standard InChI is InChI=1S/C20H25N3O3S/c1-14(2)12-22-20(26)16-6-3-4-7-17(16)23-18(24)8-5-10-21-19(25)15-9-11-27-13-15/h3-4,6-7,9,11,13-14H,5,8,10,12H2,1-2H3,(H,21,25)(H,22,26)(H,23,24). The fourth-order valence-electron chi connectivity index (χ4n) is 2.34. The van der Waals surface area contributed by atoms with Gasteiger partial charge in [0.15, 0.2) is 0 Å². The molecule has 0 radical (unpaired) electrons. The zero-order valence-electron chi connectivity index (χ0n) is 15.6. The average Bonchev–Trinajstić information content (AvgIpc) is 3.18. The van der Waals surface area contributed by atoms with Crippen molar-refractivity contribution in [3.63, 3.8) is 0 Å². The predicted molar refractivity (Wildman–Crippen MR) is 108 cm³/mol. The SMILES string of the molecule is CC(C)CNC(=O)c1ccccc1NC(=O)CCCNC(=O)c1ccsc1. The minimum atomic E-state index is -0.206. The lowest BCUT2D eigenvalue weighted by Gasteiger charge is -2.12. The number of thiophene rings is 1. The minimum absolute atomic E-state index is 0.135. The molecule has 3 N–H and O–H groups in total. The second kappa shape index (κ2) is 10.5. The van der Waals surface area contributed by atoms with Crippen molar-refractivity contribution in [3.05, 3.63) is 52.2 Å². The highest BCUT2D eigenvalue weighted by Gasteiger charge is 2.13. The van der Waals surface area contributed by atoms with Crippen LogP contribution < -0.4 is 16.0 Å². The number of para-hydroxylation sites is 1. The van der Waals surface area contributed by atoms with Crippen molar-refractivity contribution in [2.75, 3.05) is 18.4 Å². The highest BCUT2D eigenvalue weighted by molar-refractivity contribution is 7.08. The first-order chi connectivity index (χ1) is 13.0. The molecule has 1 aromatic heterocycles. The van der Waals surface area contributed by atoms with Gasteiger partial charge in [0.05, 0.1) is 11.3 Å². The van der Waals surface area contributed by atoms with E-state index in [2.05, 4.69) is 16.0 Å². The Bertz CT molecular complexity index is 773. The Morgan fingerprint density at radius 2 is 1.81 bits per heavy atom. The second-order valence-corrected chi connectivity index (χ2v) is 7.35. The molecule has 0 saturated heterocycles. The molecule has 2 rings (SSSR count). The van der Waals surface area contributed by atoms with E-state index in [9.17, 15) is 14.4 Å². The summed E-state index contributed by atoms with van der Waals surface area (Å²) in [5, 5.41) is 12.0. The fourth-order valence-corrected chi connectivity index (χ4v) is 2.98. The van der Waals surface area contributed by atoms with E-state index in [4.69, 9.17) is 0 Å². The molecule has 0 spiro atoms. The molecule has 1 heterocycles. The van der Waals surface area contributed by atoms with Crippen LogP contribution in [0.2, 0.25) is 0 Å². The number of nitrogens with one attached hydrogen (secondary N) is 3. The van der Waals surface area contributed by atoms with Crippen LogP contribution in [-0.4, -0.2) is 30.8 Å². The van der Waals surface area contributed by atoms with Crippen molar-refractivity contribution in [2.24, 2.45) is 5.92 Å². The van der Waals surface area contributed by atoms with Crippen molar-refractivity contribution < 1.29 is 14.4 Å². The van der Waals surface area contributed by atoms with Gasteiger partial charge in [-0.05, 0) is 35.9 Å². The van der Waals surface area contributed by atoms with Crippen molar-refractivity contribution in [1.82, 2.24) is 10.6 Å². The lowest BCUT2D eigenvalue weighted by atomic mass is 10.1. The van der Waals surface area contributed by atoms with Gasteiger partial charge in [0.2, 0.25) is 5.91 Å². The van der Waals surface area contributed by atoms with Gasteiger partial charge in [-0.25, -0.2) is 0 Å². The summed E-state index contributed by atoms with van der Waals surface area (Å²) in [4.78, 5) is 36.3. The quantitative estimate of drug-likeness (QED) is 0.577.